The Morgan fingerprint density at radius 3 is 2.58 bits per heavy atom. The van der Waals surface area contributed by atoms with Crippen molar-refractivity contribution in [3.05, 3.63) is 83.2 Å². The van der Waals surface area contributed by atoms with Gasteiger partial charge in [-0.3, -0.25) is 9.59 Å². The molecule has 0 aliphatic rings. The number of allylic oxidation sites excluding steroid dienone is 1. The normalized spacial score (nSPS) is 11.5. The molecule has 0 saturated heterocycles. The Balaban J connectivity index is 1.76. The van der Waals surface area contributed by atoms with Crippen molar-refractivity contribution in [3.63, 3.8) is 0 Å². The molecular weight excluding hydrogens is 425 g/mol. The number of likely N-dealkylation sites (N-methyl/N-ethyl adjacent to an activating group) is 1. The highest BCUT2D eigenvalue weighted by molar-refractivity contribution is 6.08. The number of hydrogen-bond donors (Lipinski definition) is 2. The van der Waals surface area contributed by atoms with E-state index in [0.717, 1.165) is 0 Å². The molecular formula is C24H24FN5O3. The lowest BCUT2D eigenvalue weighted by molar-refractivity contribution is 0.0965. The molecule has 2 aromatic carbocycles. The van der Waals surface area contributed by atoms with Gasteiger partial charge in [-0.2, -0.15) is 0 Å². The number of primary amides is 1. The molecule has 0 aliphatic heterocycles. The molecule has 3 N–H and O–H groups in total. The van der Waals surface area contributed by atoms with Crippen LogP contribution >= 0.6 is 0 Å². The van der Waals surface area contributed by atoms with E-state index in [-0.39, 0.29) is 22.9 Å². The van der Waals surface area contributed by atoms with Crippen molar-refractivity contribution in [3.8, 4) is 5.75 Å². The minimum absolute atomic E-state index is 0.0114. The van der Waals surface area contributed by atoms with Crippen LogP contribution in [0, 0.1) is 5.82 Å². The van der Waals surface area contributed by atoms with Gasteiger partial charge in [0.2, 0.25) is 0 Å². The van der Waals surface area contributed by atoms with E-state index in [4.69, 9.17) is 10.5 Å². The number of nitrogens with zero attached hydrogens (tertiary/aromatic N) is 3. The summed E-state index contributed by atoms with van der Waals surface area (Å²) in [4.78, 5) is 34.7. The van der Waals surface area contributed by atoms with E-state index in [2.05, 4.69) is 22.0 Å². The largest absolute Gasteiger partial charge is 0.492 e. The van der Waals surface area contributed by atoms with E-state index in [1.165, 1.54) is 18.2 Å². The number of halogens is 1. The van der Waals surface area contributed by atoms with E-state index in [0.29, 0.717) is 35.5 Å². The first-order valence-electron chi connectivity index (χ1n) is 10.1. The lowest BCUT2D eigenvalue weighted by Crippen LogP contribution is -2.29. The summed E-state index contributed by atoms with van der Waals surface area (Å²) in [6.45, 7) is 6.13. The Kier molecular flexibility index (Phi) is 7.34. The smallest absolute Gasteiger partial charge is 0.267 e. The summed E-state index contributed by atoms with van der Waals surface area (Å²) < 4.78 is 18.6. The first kappa shape index (κ1) is 23.4. The number of fused-ring (bicyclic) bond motifs is 1. The average molecular weight is 449 g/mol. The summed E-state index contributed by atoms with van der Waals surface area (Å²) in [5.74, 6) is -0.735. The number of amides is 2. The van der Waals surface area contributed by atoms with E-state index in [1.54, 1.807) is 43.3 Å². The minimum Gasteiger partial charge on any atom is -0.492 e. The fourth-order valence-electron chi connectivity index (χ4n) is 3.09. The van der Waals surface area contributed by atoms with E-state index >= 15 is 0 Å². The van der Waals surface area contributed by atoms with Crippen molar-refractivity contribution in [2.24, 2.45) is 10.7 Å². The van der Waals surface area contributed by atoms with Crippen LogP contribution in [0.4, 0.5) is 4.39 Å². The van der Waals surface area contributed by atoms with Crippen LogP contribution in [0.5, 0.6) is 5.75 Å². The van der Waals surface area contributed by atoms with Gasteiger partial charge in [-0.15, -0.1) is 0 Å². The molecule has 0 saturated carbocycles. The number of benzene rings is 2. The highest BCUT2D eigenvalue weighted by atomic mass is 19.1. The molecule has 0 aliphatic carbocycles. The van der Waals surface area contributed by atoms with Gasteiger partial charge in [0, 0.05) is 12.4 Å². The van der Waals surface area contributed by atoms with Gasteiger partial charge in [-0.05, 0) is 50.0 Å². The first-order chi connectivity index (χ1) is 15.8. The van der Waals surface area contributed by atoms with Crippen molar-refractivity contribution in [1.29, 1.82) is 0 Å². The number of nitrogens with two attached hydrogens (primary N) is 1. The molecule has 0 unspecified atom stereocenters. The standard InChI is InChI=1S/C24H24FN5O3/c1-15(30(3)12-13-33-17-10-8-16(25)9-11-17)23(27-2)29-24(32)19-14-21(22(26)31)28-20-7-5-4-6-18(19)20/h4-11,14H,2,12-13H2,1,3H3,(H2,26,31)(H,29,32)/b23-15+. The highest BCUT2D eigenvalue weighted by Gasteiger charge is 2.17. The quantitative estimate of drug-likeness (QED) is 0.488. The van der Waals surface area contributed by atoms with Crippen LogP contribution in [0.2, 0.25) is 0 Å². The molecule has 9 heteroatoms. The monoisotopic (exact) mass is 449 g/mol. The maximum absolute atomic E-state index is 13.1. The molecule has 0 spiro atoms. The number of hydrogen-bond acceptors (Lipinski definition) is 6. The van der Waals surface area contributed by atoms with E-state index < -0.39 is 11.8 Å². The fraction of sp³-hybridized carbons (Fsp3) is 0.167. The Labute approximate surface area is 190 Å². The van der Waals surface area contributed by atoms with Crippen molar-refractivity contribution >= 4 is 29.4 Å². The zero-order valence-electron chi connectivity index (χ0n) is 18.3. The number of aliphatic imine (C=N–C) groups is 1. The molecule has 8 nitrogen and oxygen atoms in total. The number of aromatic nitrogens is 1. The predicted octanol–water partition coefficient (Wildman–Crippen LogP) is 3.10. The van der Waals surface area contributed by atoms with Crippen molar-refractivity contribution in [2.45, 2.75) is 6.92 Å². The average Bonchev–Trinajstić information content (AvgIpc) is 2.82. The second-order valence-corrected chi connectivity index (χ2v) is 7.21. The SMILES string of the molecule is C=N/C(NC(=O)c1cc(C(N)=O)nc2ccccc12)=C(/C)N(C)CCOc1ccc(F)cc1. The molecule has 2 amide bonds. The third-order valence-electron chi connectivity index (χ3n) is 5.03. The second-order valence-electron chi connectivity index (χ2n) is 7.21. The van der Waals surface area contributed by atoms with Crippen LogP contribution < -0.4 is 15.8 Å². The molecule has 0 fully saturated rings. The second kappa shape index (κ2) is 10.4. The third-order valence-corrected chi connectivity index (χ3v) is 5.03. The number of pyridine rings is 1. The summed E-state index contributed by atoms with van der Waals surface area (Å²) >= 11 is 0. The molecule has 3 rings (SSSR count). The number of nitrogens with one attached hydrogen (secondary N) is 1. The van der Waals surface area contributed by atoms with Gasteiger partial charge in [-0.1, -0.05) is 18.2 Å². The van der Waals surface area contributed by atoms with Gasteiger partial charge >= 0.3 is 0 Å². The van der Waals surface area contributed by atoms with Gasteiger partial charge in [-0.25, -0.2) is 14.4 Å². The van der Waals surface area contributed by atoms with Crippen LogP contribution in [-0.2, 0) is 0 Å². The van der Waals surface area contributed by atoms with Crippen LogP contribution in [0.25, 0.3) is 10.9 Å². The Morgan fingerprint density at radius 1 is 1.21 bits per heavy atom. The molecule has 0 radical (unpaired) electrons. The summed E-state index contributed by atoms with van der Waals surface area (Å²) in [5.41, 5.74) is 6.73. The Hall–Kier alpha value is -4.27. The number of ether oxygens (including phenoxy) is 1. The predicted molar refractivity (Wildman–Crippen MR) is 125 cm³/mol. The molecule has 1 heterocycles. The van der Waals surface area contributed by atoms with Gasteiger partial charge in [0.1, 0.15) is 23.9 Å². The summed E-state index contributed by atoms with van der Waals surface area (Å²) in [5, 5.41) is 3.32. The Bertz CT molecular complexity index is 1220. The third kappa shape index (κ3) is 5.70. The number of para-hydroxylation sites is 1. The lowest BCUT2D eigenvalue weighted by atomic mass is 10.1. The number of rotatable bonds is 9. The summed E-state index contributed by atoms with van der Waals surface area (Å²) in [6.07, 6.45) is 0. The molecule has 0 atom stereocenters. The Morgan fingerprint density at radius 2 is 1.91 bits per heavy atom. The van der Waals surface area contributed by atoms with Gasteiger partial charge < -0.3 is 20.7 Å². The van der Waals surface area contributed by atoms with Crippen LogP contribution in [0.3, 0.4) is 0 Å². The van der Waals surface area contributed by atoms with Crippen LogP contribution in [0.15, 0.2) is 71.1 Å². The van der Waals surface area contributed by atoms with Crippen molar-refractivity contribution in [1.82, 2.24) is 15.2 Å². The molecule has 170 valence electrons. The van der Waals surface area contributed by atoms with E-state index in [9.17, 15) is 14.0 Å². The zero-order chi connectivity index (χ0) is 24.0. The van der Waals surface area contributed by atoms with Gasteiger partial charge in [0.15, 0.2) is 5.82 Å². The van der Waals surface area contributed by atoms with Crippen molar-refractivity contribution in [2.75, 3.05) is 20.2 Å². The zero-order valence-corrected chi connectivity index (χ0v) is 18.3. The van der Waals surface area contributed by atoms with Crippen LogP contribution in [-0.4, -0.2) is 48.6 Å². The first-order valence-corrected chi connectivity index (χ1v) is 10.1. The number of carbonyl (C=O) groups is 2. The van der Waals surface area contributed by atoms with Gasteiger partial charge in [0.05, 0.1) is 23.3 Å². The molecule has 0 bridgehead atoms. The minimum atomic E-state index is -0.732. The molecule has 3 aromatic rings. The van der Waals surface area contributed by atoms with E-state index in [1.807, 2.05) is 11.9 Å². The highest BCUT2D eigenvalue weighted by Crippen LogP contribution is 2.19. The molecule has 1 aromatic heterocycles. The fourth-order valence-corrected chi connectivity index (χ4v) is 3.09. The van der Waals surface area contributed by atoms with Gasteiger partial charge in [0.25, 0.3) is 11.8 Å². The lowest BCUT2D eigenvalue weighted by Gasteiger charge is -2.22. The maximum Gasteiger partial charge on any atom is 0.267 e. The summed E-state index contributed by atoms with van der Waals surface area (Å²) in [7, 11) is 1.81. The topological polar surface area (TPSA) is 110 Å². The van der Waals surface area contributed by atoms with Crippen molar-refractivity contribution < 1.29 is 18.7 Å². The van der Waals surface area contributed by atoms with Crippen LogP contribution in [0.1, 0.15) is 27.8 Å². The number of carbonyl (C=O) groups excluding carboxylic acids is 2. The maximum atomic E-state index is 13.1. The molecule has 33 heavy (non-hydrogen) atoms. The summed E-state index contributed by atoms with van der Waals surface area (Å²) in [6, 6.07) is 14.1.